The van der Waals surface area contributed by atoms with Crippen LogP contribution in [0.2, 0.25) is 0 Å². The number of fused-ring (bicyclic) bond motifs is 1. The molecule has 0 radical (unpaired) electrons. The molecule has 3 heterocycles. The van der Waals surface area contributed by atoms with Crippen LogP contribution in [0.1, 0.15) is 23.3 Å². The summed E-state index contributed by atoms with van der Waals surface area (Å²) in [5, 5.41) is 22.9. The molecule has 1 aliphatic carbocycles. The van der Waals surface area contributed by atoms with Crippen molar-refractivity contribution in [3.8, 4) is 17.5 Å². The van der Waals surface area contributed by atoms with Gasteiger partial charge < -0.3 is 15.5 Å². The van der Waals surface area contributed by atoms with Crippen molar-refractivity contribution >= 4 is 17.3 Å². The predicted molar refractivity (Wildman–Crippen MR) is 112 cm³/mol. The maximum atomic E-state index is 12.9. The Kier molecular flexibility index (Phi) is 4.36. The third-order valence-corrected chi connectivity index (χ3v) is 6.11. The van der Waals surface area contributed by atoms with E-state index in [4.69, 9.17) is 0 Å². The first-order chi connectivity index (χ1) is 14.7. The largest absolute Gasteiger partial charge is 0.354 e. The van der Waals surface area contributed by atoms with E-state index in [0.717, 1.165) is 35.5 Å². The van der Waals surface area contributed by atoms with Crippen molar-refractivity contribution < 1.29 is 4.79 Å². The normalized spacial score (nSPS) is 22.0. The molecule has 2 aliphatic rings. The number of carbonyl (C=O) groups is 1. The monoisotopic (exact) mass is 399 g/mol. The van der Waals surface area contributed by atoms with E-state index in [-0.39, 0.29) is 11.4 Å². The van der Waals surface area contributed by atoms with Crippen molar-refractivity contribution in [3.05, 3.63) is 60.6 Å². The summed E-state index contributed by atoms with van der Waals surface area (Å²) in [6, 6.07) is 13.5. The Morgan fingerprint density at radius 1 is 1.30 bits per heavy atom. The minimum atomic E-state index is -0.303. The molecular formula is C22H21N7O. The molecule has 1 amide bonds. The van der Waals surface area contributed by atoms with Crippen molar-refractivity contribution in [1.29, 1.82) is 5.26 Å². The quantitative estimate of drug-likeness (QED) is 0.569. The molecule has 8 heteroatoms. The molecule has 30 heavy (non-hydrogen) atoms. The number of carbonyl (C=O) groups excluding carboxylic acids is 1. The van der Waals surface area contributed by atoms with Gasteiger partial charge in [0.05, 0.1) is 29.7 Å². The van der Waals surface area contributed by atoms with Gasteiger partial charge in [-0.25, -0.2) is 0 Å². The Hall–Kier alpha value is -3.86. The number of rotatable bonds is 5. The molecule has 1 saturated carbocycles. The van der Waals surface area contributed by atoms with Crippen LogP contribution in [0.25, 0.3) is 11.3 Å². The van der Waals surface area contributed by atoms with Crippen molar-refractivity contribution in [1.82, 2.24) is 25.4 Å². The number of anilines is 2. The zero-order valence-electron chi connectivity index (χ0n) is 16.3. The SMILES string of the molecule is N#CN1CC2CC[C@]2(NC(=O)c2cc(-c3ccncc3Nc3ccccc3)[nH]n2)C1. The van der Waals surface area contributed by atoms with Gasteiger partial charge in [-0.05, 0) is 37.1 Å². The Labute approximate surface area is 173 Å². The average molecular weight is 399 g/mol. The molecule has 3 aromatic rings. The molecule has 1 unspecified atom stereocenters. The lowest BCUT2D eigenvalue weighted by Gasteiger charge is -2.44. The van der Waals surface area contributed by atoms with Crippen LogP contribution in [0.15, 0.2) is 54.9 Å². The highest BCUT2D eigenvalue weighted by atomic mass is 16.2. The topological polar surface area (TPSA) is 110 Å². The van der Waals surface area contributed by atoms with Crippen LogP contribution < -0.4 is 10.6 Å². The fraction of sp³-hybridized carbons (Fsp3) is 0.273. The first-order valence-electron chi connectivity index (χ1n) is 9.96. The number of benzene rings is 1. The molecule has 8 nitrogen and oxygen atoms in total. The Balaban J connectivity index is 1.35. The lowest BCUT2D eigenvalue weighted by molar-refractivity contribution is 0.0757. The van der Waals surface area contributed by atoms with Gasteiger partial charge in [-0.2, -0.15) is 10.4 Å². The van der Waals surface area contributed by atoms with Gasteiger partial charge in [-0.3, -0.25) is 14.9 Å². The maximum Gasteiger partial charge on any atom is 0.272 e. The summed E-state index contributed by atoms with van der Waals surface area (Å²) in [5.74, 6) is 0.120. The predicted octanol–water partition coefficient (Wildman–Crippen LogP) is 2.89. The summed E-state index contributed by atoms with van der Waals surface area (Å²) in [4.78, 5) is 18.8. The number of pyridine rings is 1. The van der Waals surface area contributed by atoms with Gasteiger partial charge in [-0.15, -0.1) is 0 Å². The minimum Gasteiger partial charge on any atom is -0.354 e. The number of nitrogens with zero attached hydrogens (tertiary/aromatic N) is 4. The molecule has 2 fully saturated rings. The van der Waals surface area contributed by atoms with Crippen molar-refractivity contribution in [2.75, 3.05) is 18.4 Å². The van der Waals surface area contributed by atoms with E-state index in [0.29, 0.717) is 24.7 Å². The van der Waals surface area contributed by atoms with E-state index in [1.54, 1.807) is 23.4 Å². The summed E-state index contributed by atoms with van der Waals surface area (Å²) in [7, 11) is 0. The molecule has 3 N–H and O–H groups in total. The molecular weight excluding hydrogens is 378 g/mol. The average Bonchev–Trinajstić information content (AvgIpc) is 3.34. The number of hydrogen-bond donors (Lipinski definition) is 3. The van der Waals surface area contributed by atoms with Crippen LogP contribution in [-0.2, 0) is 0 Å². The molecule has 1 aromatic carbocycles. The zero-order valence-corrected chi connectivity index (χ0v) is 16.3. The molecule has 1 aliphatic heterocycles. The van der Waals surface area contributed by atoms with Crippen molar-refractivity contribution in [2.24, 2.45) is 5.92 Å². The number of hydrogen-bond acceptors (Lipinski definition) is 6. The standard InChI is InChI=1S/C22H21N7O/c23-14-29-12-15-6-8-22(15,13-29)26-21(30)19-10-18(27-28-19)17-7-9-24-11-20(17)25-16-4-2-1-3-5-16/h1-5,7,9-11,15,25H,6,8,12-13H2,(H,26,30)(H,27,28)/t15?,22-/m0/s1. The first kappa shape index (κ1) is 18.2. The van der Waals surface area contributed by atoms with E-state index in [1.165, 1.54) is 0 Å². The molecule has 0 bridgehead atoms. The van der Waals surface area contributed by atoms with E-state index in [1.807, 2.05) is 36.4 Å². The van der Waals surface area contributed by atoms with Crippen LogP contribution in [0.5, 0.6) is 0 Å². The summed E-state index contributed by atoms with van der Waals surface area (Å²) in [5.41, 5.74) is 3.40. The third kappa shape index (κ3) is 3.14. The van der Waals surface area contributed by atoms with Gasteiger partial charge in [0.1, 0.15) is 0 Å². The second-order valence-corrected chi connectivity index (χ2v) is 7.91. The van der Waals surface area contributed by atoms with Crippen molar-refractivity contribution in [2.45, 2.75) is 18.4 Å². The summed E-state index contributed by atoms with van der Waals surface area (Å²) >= 11 is 0. The number of aromatic nitrogens is 3. The molecule has 2 aromatic heterocycles. The first-order valence-corrected chi connectivity index (χ1v) is 9.96. The number of nitriles is 1. The molecule has 2 atom stereocenters. The van der Waals surface area contributed by atoms with Crippen LogP contribution in [0.4, 0.5) is 11.4 Å². The summed E-state index contributed by atoms with van der Waals surface area (Å²) in [6.45, 7) is 1.29. The van der Waals surface area contributed by atoms with Crippen LogP contribution in [0.3, 0.4) is 0 Å². The Morgan fingerprint density at radius 3 is 2.93 bits per heavy atom. The smallest absolute Gasteiger partial charge is 0.272 e. The Bertz CT molecular complexity index is 1120. The van der Waals surface area contributed by atoms with Crippen molar-refractivity contribution in [3.63, 3.8) is 0 Å². The van der Waals surface area contributed by atoms with Crippen LogP contribution in [-0.4, -0.2) is 44.6 Å². The highest BCUT2D eigenvalue weighted by Crippen LogP contribution is 2.44. The molecule has 0 spiro atoms. The van der Waals surface area contributed by atoms with Crippen LogP contribution >= 0.6 is 0 Å². The number of amides is 1. The third-order valence-electron chi connectivity index (χ3n) is 6.11. The summed E-state index contributed by atoms with van der Waals surface area (Å²) in [6.07, 6.45) is 7.59. The number of para-hydroxylation sites is 1. The van der Waals surface area contributed by atoms with Gasteiger partial charge >= 0.3 is 0 Å². The minimum absolute atomic E-state index is 0.214. The van der Waals surface area contributed by atoms with Gasteiger partial charge in [0.25, 0.3) is 5.91 Å². The lowest BCUT2D eigenvalue weighted by atomic mass is 9.69. The summed E-state index contributed by atoms with van der Waals surface area (Å²) < 4.78 is 0. The van der Waals surface area contributed by atoms with Gasteiger partial charge in [-0.1, -0.05) is 18.2 Å². The van der Waals surface area contributed by atoms with Gasteiger partial charge in [0.2, 0.25) is 0 Å². The zero-order chi connectivity index (χ0) is 20.6. The molecule has 5 rings (SSSR count). The number of H-pyrrole nitrogens is 1. The van der Waals surface area contributed by atoms with Crippen LogP contribution in [0, 0.1) is 17.4 Å². The second kappa shape index (κ2) is 7.19. The lowest BCUT2D eigenvalue weighted by Crippen LogP contribution is -2.60. The molecule has 150 valence electrons. The Morgan fingerprint density at radius 2 is 2.17 bits per heavy atom. The van der Waals surface area contributed by atoms with E-state index < -0.39 is 0 Å². The number of aromatic amines is 1. The van der Waals surface area contributed by atoms with E-state index >= 15 is 0 Å². The fourth-order valence-corrected chi connectivity index (χ4v) is 4.39. The number of nitrogens with one attached hydrogen (secondary N) is 3. The molecule has 1 saturated heterocycles. The highest BCUT2D eigenvalue weighted by molar-refractivity contribution is 5.94. The number of likely N-dealkylation sites (tertiary alicyclic amines) is 1. The van der Waals surface area contributed by atoms with Gasteiger partial charge in [0, 0.05) is 29.9 Å². The van der Waals surface area contributed by atoms with E-state index in [2.05, 4.69) is 32.0 Å². The highest BCUT2D eigenvalue weighted by Gasteiger charge is 2.54. The second-order valence-electron chi connectivity index (χ2n) is 7.91. The van der Waals surface area contributed by atoms with Gasteiger partial charge in [0.15, 0.2) is 11.9 Å². The fourth-order valence-electron chi connectivity index (χ4n) is 4.39. The van der Waals surface area contributed by atoms with E-state index in [9.17, 15) is 10.1 Å². The maximum absolute atomic E-state index is 12.9.